The third kappa shape index (κ3) is 1.84. The second-order valence-electron chi connectivity index (χ2n) is 4.72. The van der Waals surface area contributed by atoms with Crippen molar-refractivity contribution in [3.8, 4) is 11.5 Å². The molecule has 0 radical (unpaired) electrons. The van der Waals surface area contributed by atoms with Crippen molar-refractivity contribution in [2.45, 2.75) is 6.42 Å². The van der Waals surface area contributed by atoms with Crippen molar-refractivity contribution in [2.24, 2.45) is 5.92 Å². The van der Waals surface area contributed by atoms with Crippen LogP contribution < -0.4 is 0 Å². The van der Waals surface area contributed by atoms with E-state index in [4.69, 9.17) is 0 Å². The predicted octanol–water partition coefficient (Wildman–Crippen LogP) is 1.73. The fourth-order valence-electron chi connectivity index (χ4n) is 2.45. The first-order valence-corrected chi connectivity index (χ1v) is 6.11. The van der Waals surface area contributed by atoms with Gasteiger partial charge in [-0.25, -0.2) is 0 Å². The SMILES string of the molecule is O=C(c1ccncc1)C1Cc2cc(O)c(O)cc2C1=O. The smallest absolute Gasteiger partial charge is 0.174 e. The molecule has 1 aromatic heterocycles. The predicted molar refractivity (Wildman–Crippen MR) is 69.9 cm³/mol. The van der Waals surface area contributed by atoms with E-state index in [2.05, 4.69) is 4.98 Å². The summed E-state index contributed by atoms with van der Waals surface area (Å²) in [5, 5.41) is 18.9. The molecule has 0 bridgehead atoms. The van der Waals surface area contributed by atoms with Crippen molar-refractivity contribution in [3.63, 3.8) is 0 Å². The minimum atomic E-state index is -0.798. The van der Waals surface area contributed by atoms with Crippen LogP contribution >= 0.6 is 0 Å². The molecule has 2 N–H and O–H groups in total. The van der Waals surface area contributed by atoms with Gasteiger partial charge in [0, 0.05) is 23.5 Å². The quantitative estimate of drug-likeness (QED) is 0.492. The maximum absolute atomic E-state index is 12.3. The Bertz CT molecular complexity index is 709. The summed E-state index contributed by atoms with van der Waals surface area (Å²) in [7, 11) is 0. The van der Waals surface area contributed by atoms with Gasteiger partial charge in [-0.2, -0.15) is 0 Å². The molecule has 1 aromatic carbocycles. The molecular weight excluding hydrogens is 258 g/mol. The third-order valence-corrected chi connectivity index (χ3v) is 3.49. The van der Waals surface area contributed by atoms with Crippen LogP contribution in [-0.4, -0.2) is 26.8 Å². The third-order valence-electron chi connectivity index (χ3n) is 3.49. The molecule has 1 unspecified atom stereocenters. The zero-order chi connectivity index (χ0) is 14.3. The Labute approximate surface area is 114 Å². The van der Waals surface area contributed by atoms with Crippen LogP contribution in [0.25, 0.3) is 0 Å². The van der Waals surface area contributed by atoms with Crippen LogP contribution in [0.1, 0.15) is 26.3 Å². The summed E-state index contributed by atoms with van der Waals surface area (Å²) in [6, 6.07) is 5.68. The van der Waals surface area contributed by atoms with Gasteiger partial charge in [0.1, 0.15) is 0 Å². The number of fused-ring (bicyclic) bond motifs is 1. The lowest BCUT2D eigenvalue weighted by Gasteiger charge is -2.06. The minimum Gasteiger partial charge on any atom is -0.504 e. The van der Waals surface area contributed by atoms with Gasteiger partial charge in [0.15, 0.2) is 23.1 Å². The molecule has 0 saturated heterocycles. The highest BCUT2D eigenvalue weighted by Gasteiger charge is 2.36. The van der Waals surface area contributed by atoms with Gasteiger partial charge in [0.25, 0.3) is 0 Å². The van der Waals surface area contributed by atoms with Crippen LogP contribution in [0.2, 0.25) is 0 Å². The van der Waals surface area contributed by atoms with E-state index >= 15 is 0 Å². The standard InChI is InChI=1S/C15H11NO4/c17-12-6-9-5-11(15(20)10(9)7-13(12)18)14(19)8-1-3-16-4-2-8/h1-4,6-7,11,17-18H,5H2. The van der Waals surface area contributed by atoms with E-state index in [0.29, 0.717) is 16.7 Å². The van der Waals surface area contributed by atoms with Crippen molar-refractivity contribution in [3.05, 3.63) is 53.3 Å². The number of ketones is 2. The first-order chi connectivity index (χ1) is 9.58. The van der Waals surface area contributed by atoms with E-state index < -0.39 is 5.92 Å². The Morgan fingerprint density at radius 2 is 1.80 bits per heavy atom. The number of phenols is 2. The summed E-state index contributed by atoms with van der Waals surface area (Å²) in [5.41, 5.74) is 1.31. The summed E-state index contributed by atoms with van der Waals surface area (Å²) < 4.78 is 0. The molecule has 1 heterocycles. The van der Waals surface area contributed by atoms with E-state index in [1.807, 2.05) is 0 Å². The second-order valence-corrected chi connectivity index (χ2v) is 4.72. The van der Waals surface area contributed by atoms with Crippen molar-refractivity contribution in [1.82, 2.24) is 4.98 Å². The van der Waals surface area contributed by atoms with Gasteiger partial charge in [0.05, 0.1) is 5.92 Å². The van der Waals surface area contributed by atoms with Crippen LogP contribution in [0.5, 0.6) is 11.5 Å². The zero-order valence-electron chi connectivity index (χ0n) is 10.4. The van der Waals surface area contributed by atoms with Crippen LogP contribution in [0.4, 0.5) is 0 Å². The molecule has 5 nitrogen and oxygen atoms in total. The molecule has 1 aliphatic carbocycles. The monoisotopic (exact) mass is 269 g/mol. The van der Waals surface area contributed by atoms with E-state index in [9.17, 15) is 19.8 Å². The van der Waals surface area contributed by atoms with Gasteiger partial charge in [-0.1, -0.05) is 0 Å². The van der Waals surface area contributed by atoms with Gasteiger partial charge >= 0.3 is 0 Å². The van der Waals surface area contributed by atoms with E-state index in [1.54, 1.807) is 12.1 Å². The molecule has 0 spiro atoms. The highest BCUT2D eigenvalue weighted by molar-refractivity contribution is 6.18. The number of Topliss-reactive ketones (excluding diaryl/α,β-unsaturated/α-hetero) is 2. The number of phenolic OH excluding ortho intramolecular Hbond substituents is 2. The maximum atomic E-state index is 12.3. The van der Waals surface area contributed by atoms with Crippen LogP contribution in [0, 0.1) is 5.92 Å². The maximum Gasteiger partial charge on any atom is 0.174 e. The molecule has 2 aromatic rings. The molecule has 0 amide bonds. The number of aromatic nitrogens is 1. The van der Waals surface area contributed by atoms with E-state index in [1.165, 1.54) is 24.5 Å². The Hall–Kier alpha value is -2.69. The largest absolute Gasteiger partial charge is 0.504 e. The number of hydrogen-bond acceptors (Lipinski definition) is 5. The summed E-state index contributed by atoms with van der Waals surface area (Å²) >= 11 is 0. The molecule has 3 rings (SSSR count). The van der Waals surface area contributed by atoms with E-state index in [0.717, 1.165) is 0 Å². The fourth-order valence-corrected chi connectivity index (χ4v) is 2.45. The van der Waals surface area contributed by atoms with Crippen molar-refractivity contribution < 1.29 is 19.8 Å². The molecule has 0 saturated carbocycles. The summed E-state index contributed by atoms with van der Waals surface area (Å²) in [6.45, 7) is 0. The minimum absolute atomic E-state index is 0.239. The lowest BCUT2D eigenvalue weighted by atomic mass is 9.95. The molecule has 0 aliphatic heterocycles. The van der Waals surface area contributed by atoms with Crippen molar-refractivity contribution in [1.29, 1.82) is 0 Å². The highest BCUT2D eigenvalue weighted by Crippen LogP contribution is 2.36. The zero-order valence-corrected chi connectivity index (χ0v) is 10.4. The summed E-state index contributed by atoms with van der Waals surface area (Å²) in [6.07, 6.45) is 3.23. The van der Waals surface area contributed by atoms with Crippen molar-refractivity contribution >= 4 is 11.6 Å². The van der Waals surface area contributed by atoms with E-state index in [-0.39, 0.29) is 29.5 Å². The van der Waals surface area contributed by atoms with Gasteiger partial charge in [-0.05, 0) is 36.2 Å². The first-order valence-electron chi connectivity index (χ1n) is 6.11. The molecule has 1 aliphatic rings. The first kappa shape index (κ1) is 12.3. The number of benzene rings is 1. The molecular formula is C15H11NO4. The average Bonchev–Trinajstić information content (AvgIpc) is 2.77. The second kappa shape index (κ2) is 4.45. The van der Waals surface area contributed by atoms with Gasteiger partial charge in [-0.3, -0.25) is 14.6 Å². The van der Waals surface area contributed by atoms with Crippen LogP contribution in [0.15, 0.2) is 36.7 Å². The van der Waals surface area contributed by atoms with Crippen LogP contribution in [0.3, 0.4) is 0 Å². The summed E-state index contributed by atoms with van der Waals surface area (Å²) in [5.74, 6) is -2.03. The Morgan fingerprint density at radius 3 is 2.50 bits per heavy atom. The molecule has 1 atom stereocenters. The number of carbonyl (C=O) groups is 2. The topological polar surface area (TPSA) is 87.5 Å². The van der Waals surface area contributed by atoms with Gasteiger partial charge in [0.2, 0.25) is 0 Å². The molecule has 0 fully saturated rings. The number of carbonyl (C=O) groups excluding carboxylic acids is 2. The Morgan fingerprint density at radius 1 is 1.15 bits per heavy atom. The molecule has 100 valence electrons. The Kier molecular flexibility index (Phi) is 2.75. The van der Waals surface area contributed by atoms with Crippen LogP contribution in [-0.2, 0) is 6.42 Å². The van der Waals surface area contributed by atoms with Gasteiger partial charge < -0.3 is 10.2 Å². The highest BCUT2D eigenvalue weighted by atomic mass is 16.3. The van der Waals surface area contributed by atoms with Crippen molar-refractivity contribution in [2.75, 3.05) is 0 Å². The molecule has 5 heteroatoms. The number of aromatic hydroxyl groups is 2. The fraction of sp³-hybridized carbons (Fsp3) is 0.133. The number of nitrogens with zero attached hydrogens (tertiary/aromatic N) is 1. The number of rotatable bonds is 2. The Balaban J connectivity index is 1.96. The molecule has 20 heavy (non-hydrogen) atoms. The van der Waals surface area contributed by atoms with Gasteiger partial charge in [-0.15, -0.1) is 0 Å². The number of pyridine rings is 1. The normalized spacial score (nSPS) is 17.0. The lowest BCUT2D eigenvalue weighted by molar-refractivity contribution is 0.0822. The summed E-state index contributed by atoms with van der Waals surface area (Å²) in [4.78, 5) is 28.4. The number of hydrogen-bond donors (Lipinski definition) is 2. The average molecular weight is 269 g/mol. The lowest BCUT2D eigenvalue weighted by Crippen LogP contribution is -2.20.